The van der Waals surface area contributed by atoms with Crippen LogP contribution in [0.1, 0.15) is 17.2 Å². The van der Waals surface area contributed by atoms with Gasteiger partial charge in [-0.3, -0.25) is 0 Å². The second-order valence-corrected chi connectivity index (χ2v) is 4.77. The smallest absolute Gasteiger partial charge is 0.135 e. The highest BCUT2D eigenvalue weighted by molar-refractivity contribution is 9.10. The summed E-state index contributed by atoms with van der Waals surface area (Å²) in [6.07, 6.45) is 0.148. The van der Waals surface area contributed by atoms with E-state index < -0.39 is 0 Å². The molecule has 3 nitrogen and oxygen atoms in total. The lowest BCUT2D eigenvalue weighted by Crippen LogP contribution is -2.33. The summed E-state index contributed by atoms with van der Waals surface area (Å²) in [7, 11) is 1.69. The third kappa shape index (κ3) is 2.39. The highest BCUT2D eigenvalue weighted by Crippen LogP contribution is 2.33. The first-order chi connectivity index (χ1) is 7.72. The van der Waals surface area contributed by atoms with Crippen LogP contribution in [-0.2, 0) is 4.74 Å². The molecule has 4 heteroatoms. The summed E-state index contributed by atoms with van der Waals surface area (Å²) in [5.41, 5.74) is 2.32. The first-order valence-electron chi connectivity index (χ1n) is 5.38. The quantitative estimate of drug-likeness (QED) is 0.905. The normalized spacial score (nSPS) is 20.8. The lowest BCUT2D eigenvalue weighted by atomic mass is 10.0. The van der Waals surface area contributed by atoms with E-state index in [-0.39, 0.29) is 6.10 Å². The average molecular weight is 286 g/mol. The SMILES string of the molecule is COc1c(C)cc(C2CNCCO2)cc1Br. The van der Waals surface area contributed by atoms with Crippen molar-refractivity contribution in [3.63, 3.8) is 0 Å². The third-order valence-corrected chi connectivity index (χ3v) is 3.34. The Bertz CT molecular complexity index is 352. The van der Waals surface area contributed by atoms with Crippen LogP contribution in [0.5, 0.6) is 5.75 Å². The molecule has 1 aromatic carbocycles. The van der Waals surface area contributed by atoms with Crippen molar-refractivity contribution < 1.29 is 9.47 Å². The van der Waals surface area contributed by atoms with E-state index in [0.717, 1.165) is 35.5 Å². The van der Waals surface area contributed by atoms with E-state index in [1.807, 2.05) is 6.92 Å². The highest BCUT2D eigenvalue weighted by atomic mass is 79.9. The molecule has 1 heterocycles. The lowest BCUT2D eigenvalue weighted by molar-refractivity contribution is 0.0276. The molecule has 0 aromatic heterocycles. The van der Waals surface area contributed by atoms with Crippen LogP contribution in [0.2, 0.25) is 0 Å². The Morgan fingerprint density at radius 1 is 1.50 bits per heavy atom. The number of hydrogen-bond acceptors (Lipinski definition) is 3. The van der Waals surface area contributed by atoms with E-state index in [1.165, 1.54) is 5.56 Å². The van der Waals surface area contributed by atoms with Crippen LogP contribution in [-0.4, -0.2) is 26.8 Å². The highest BCUT2D eigenvalue weighted by Gasteiger charge is 2.18. The summed E-state index contributed by atoms with van der Waals surface area (Å²) in [4.78, 5) is 0. The summed E-state index contributed by atoms with van der Waals surface area (Å²) in [5.74, 6) is 0.896. The van der Waals surface area contributed by atoms with Gasteiger partial charge in [-0.25, -0.2) is 0 Å². The fraction of sp³-hybridized carbons (Fsp3) is 0.500. The van der Waals surface area contributed by atoms with E-state index in [4.69, 9.17) is 9.47 Å². The first kappa shape index (κ1) is 11.9. The molecule has 1 fully saturated rings. The molecule has 0 aliphatic carbocycles. The van der Waals surface area contributed by atoms with Crippen LogP contribution in [0, 0.1) is 6.92 Å². The van der Waals surface area contributed by atoms with Gasteiger partial charge in [-0.1, -0.05) is 0 Å². The largest absolute Gasteiger partial charge is 0.495 e. The molecule has 1 N–H and O–H groups in total. The minimum absolute atomic E-state index is 0.148. The molecule has 1 unspecified atom stereocenters. The molecule has 1 aliphatic heterocycles. The van der Waals surface area contributed by atoms with Crippen molar-refractivity contribution in [3.05, 3.63) is 27.7 Å². The molecule has 88 valence electrons. The fourth-order valence-electron chi connectivity index (χ4n) is 1.98. The van der Waals surface area contributed by atoms with Gasteiger partial charge in [0.25, 0.3) is 0 Å². The first-order valence-corrected chi connectivity index (χ1v) is 6.18. The zero-order chi connectivity index (χ0) is 11.5. The van der Waals surface area contributed by atoms with Gasteiger partial charge in [-0.05, 0) is 46.1 Å². The zero-order valence-corrected chi connectivity index (χ0v) is 11.1. The minimum atomic E-state index is 0.148. The maximum absolute atomic E-state index is 5.72. The van der Waals surface area contributed by atoms with E-state index in [1.54, 1.807) is 7.11 Å². The van der Waals surface area contributed by atoms with E-state index >= 15 is 0 Å². The molecule has 0 bridgehead atoms. The molecule has 1 aliphatic rings. The van der Waals surface area contributed by atoms with Gasteiger partial charge < -0.3 is 14.8 Å². The van der Waals surface area contributed by atoms with Crippen molar-refractivity contribution in [1.82, 2.24) is 5.32 Å². The summed E-state index contributed by atoms with van der Waals surface area (Å²) < 4.78 is 12.0. The Hall–Kier alpha value is -0.580. The monoisotopic (exact) mass is 285 g/mol. The Morgan fingerprint density at radius 3 is 2.88 bits per heavy atom. The standard InChI is InChI=1S/C12H16BrNO2/c1-8-5-9(6-10(13)12(8)15-2)11-7-14-3-4-16-11/h5-6,11,14H,3-4,7H2,1-2H3. The Kier molecular flexibility index (Phi) is 3.84. The number of aryl methyl sites for hydroxylation is 1. The van der Waals surface area contributed by atoms with Crippen molar-refractivity contribution in [3.8, 4) is 5.75 Å². The van der Waals surface area contributed by atoms with E-state index in [2.05, 4.69) is 33.4 Å². The van der Waals surface area contributed by atoms with Crippen molar-refractivity contribution in [2.45, 2.75) is 13.0 Å². The van der Waals surface area contributed by atoms with Gasteiger partial charge in [0.1, 0.15) is 5.75 Å². The number of halogens is 1. The molecule has 1 saturated heterocycles. The van der Waals surface area contributed by atoms with Crippen LogP contribution < -0.4 is 10.1 Å². The Labute approximate surface area is 104 Å². The summed E-state index contributed by atoms with van der Waals surface area (Å²) >= 11 is 3.52. The molecule has 1 aromatic rings. The number of ether oxygens (including phenoxy) is 2. The van der Waals surface area contributed by atoms with E-state index in [0.29, 0.717) is 0 Å². The van der Waals surface area contributed by atoms with Crippen molar-refractivity contribution in [2.24, 2.45) is 0 Å². The fourth-order valence-corrected chi connectivity index (χ4v) is 2.72. The molecule has 0 saturated carbocycles. The molecule has 0 amide bonds. The number of rotatable bonds is 2. The van der Waals surface area contributed by atoms with Crippen LogP contribution in [0.3, 0.4) is 0 Å². The van der Waals surface area contributed by atoms with Crippen LogP contribution in [0.25, 0.3) is 0 Å². The van der Waals surface area contributed by atoms with Gasteiger partial charge in [-0.15, -0.1) is 0 Å². The molecular formula is C12H16BrNO2. The number of morpholine rings is 1. The van der Waals surface area contributed by atoms with Crippen molar-refractivity contribution in [2.75, 3.05) is 26.8 Å². The maximum Gasteiger partial charge on any atom is 0.135 e. The van der Waals surface area contributed by atoms with E-state index in [9.17, 15) is 0 Å². The Morgan fingerprint density at radius 2 is 2.31 bits per heavy atom. The van der Waals surface area contributed by atoms with Gasteiger partial charge in [0.15, 0.2) is 0 Å². The molecule has 0 radical (unpaired) electrons. The molecule has 1 atom stereocenters. The predicted molar refractivity (Wildman–Crippen MR) is 67.0 cm³/mol. The summed E-state index contributed by atoms with van der Waals surface area (Å²) in [6.45, 7) is 4.63. The van der Waals surface area contributed by atoms with Crippen molar-refractivity contribution >= 4 is 15.9 Å². The third-order valence-electron chi connectivity index (χ3n) is 2.76. The number of nitrogens with one attached hydrogen (secondary N) is 1. The molecule has 16 heavy (non-hydrogen) atoms. The second kappa shape index (κ2) is 5.17. The molecular weight excluding hydrogens is 270 g/mol. The van der Waals surface area contributed by atoms with Gasteiger partial charge in [0.2, 0.25) is 0 Å². The number of methoxy groups -OCH3 is 1. The lowest BCUT2D eigenvalue weighted by Gasteiger charge is -2.25. The second-order valence-electron chi connectivity index (χ2n) is 3.92. The molecule has 0 spiro atoms. The summed E-state index contributed by atoms with van der Waals surface area (Å²) in [5, 5.41) is 3.33. The summed E-state index contributed by atoms with van der Waals surface area (Å²) in [6, 6.07) is 4.20. The van der Waals surface area contributed by atoms with Gasteiger partial charge in [0.05, 0.1) is 24.3 Å². The predicted octanol–water partition coefficient (Wildman–Crippen LogP) is 2.43. The van der Waals surface area contributed by atoms with Gasteiger partial charge >= 0.3 is 0 Å². The number of benzene rings is 1. The van der Waals surface area contributed by atoms with Crippen LogP contribution >= 0.6 is 15.9 Å². The van der Waals surface area contributed by atoms with Crippen LogP contribution in [0.4, 0.5) is 0 Å². The number of hydrogen-bond donors (Lipinski definition) is 1. The average Bonchev–Trinajstić information content (AvgIpc) is 2.30. The topological polar surface area (TPSA) is 30.5 Å². The zero-order valence-electron chi connectivity index (χ0n) is 9.55. The minimum Gasteiger partial charge on any atom is -0.495 e. The van der Waals surface area contributed by atoms with Gasteiger partial charge in [-0.2, -0.15) is 0 Å². The maximum atomic E-state index is 5.72. The van der Waals surface area contributed by atoms with Gasteiger partial charge in [0, 0.05) is 13.1 Å². The van der Waals surface area contributed by atoms with Crippen molar-refractivity contribution in [1.29, 1.82) is 0 Å². The Balaban J connectivity index is 2.28. The molecule has 2 rings (SSSR count). The van der Waals surface area contributed by atoms with Crippen LogP contribution in [0.15, 0.2) is 16.6 Å².